The van der Waals surface area contributed by atoms with Crippen LogP contribution >= 0.6 is 0 Å². The fourth-order valence-electron chi connectivity index (χ4n) is 2.41. The van der Waals surface area contributed by atoms with E-state index in [1.165, 1.54) is 24.3 Å². The summed E-state index contributed by atoms with van der Waals surface area (Å²) in [7, 11) is 1.56. The molecule has 0 spiro atoms. The van der Waals surface area contributed by atoms with Crippen LogP contribution < -0.4 is 10.1 Å². The van der Waals surface area contributed by atoms with Crippen molar-refractivity contribution in [3.05, 3.63) is 64.5 Å². The van der Waals surface area contributed by atoms with Gasteiger partial charge in [0.1, 0.15) is 5.75 Å². The van der Waals surface area contributed by atoms with Gasteiger partial charge in [0.05, 0.1) is 17.6 Å². The minimum Gasteiger partial charge on any atom is -0.496 e. The SMILES string of the molecule is COc1ccccc1-c1noc(CCC(=O)Nc2ccc([N+](=O)[O-])cc2)n1. The van der Waals surface area contributed by atoms with E-state index < -0.39 is 4.92 Å². The van der Waals surface area contributed by atoms with Gasteiger partial charge in [-0.05, 0) is 24.3 Å². The Morgan fingerprint density at radius 1 is 1.22 bits per heavy atom. The lowest BCUT2D eigenvalue weighted by atomic mass is 10.2. The van der Waals surface area contributed by atoms with E-state index in [1.54, 1.807) is 13.2 Å². The zero-order valence-corrected chi connectivity index (χ0v) is 14.4. The van der Waals surface area contributed by atoms with E-state index >= 15 is 0 Å². The van der Waals surface area contributed by atoms with E-state index in [4.69, 9.17) is 9.26 Å². The van der Waals surface area contributed by atoms with Crippen molar-refractivity contribution in [2.24, 2.45) is 0 Å². The van der Waals surface area contributed by atoms with Crippen molar-refractivity contribution >= 4 is 17.3 Å². The number of para-hydroxylation sites is 1. The molecule has 1 amide bonds. The van der Waals surface area contributed by atoms with Crippen LogP contribution in [0.3, 0.4) is 0 Å². The molecule has 3 rings (SSSR count). The number of nitro benzene ring substituents is 1. The summed E-state index contributed by atoms with van der Waals surface area (Å²) in [6.45, 7) is 0. The number of aromatic nitrogens is 2. The average molecular weight is 368 g/mol. The highest BCUT2D eigenvalue weighted by Gasteiger charge is 2.14. The maximum Gasteiger partial charge on any atom is 0.269 e. The number of hydrogen-bond donors (Lipinski definition) is 1. The number of amides is 1. The average Bonchev–Trinajstić information content (AvgIpc) is 3.15. The highest BCUT2D eigenvalue weighted by Crippen LogP contribution is 2.27. The van der Waals surface area contributed by atoms with Crippen LogP contribution in [0, 0.1) is 10.1 Å². The highest BCUT2D eigenvalue weighted by atomic mass is 16.6. The maximum atomic E-state index is 12.0. The molecule has 3 aromatic rings. The Hall–Kier alpha value is -3.75. The molecule has 0 aliphatic rings. The summed E-state index contributed by atoms with van der Waals surface area (Å²) in [6, 6.07) is 12.9. The number of nitrogens with one attached hydrogen (secondary N) is 1. The Morgan fingerprint density at radius 3 is 2.67 bits per heavy atom. The molecule has 0 radical (unpaired) electrons. The Balaban J connectivity index is 1.58. The van der Waals surface area contributed by atoms with Gasteiger partial charge in [0.25, 0.3) is 5.69 Å². The lowest BCUT2D eigenvalue weighted by Crippen LogP contribution is -2.12. The summed E-state index contributed by atoms with van der Waals surface area (Å²) < 4.78 is 10.5. The normalized spacial score (nSPS) is 10.4. The number of benzene rings is 2. The number of carbonyl (C=O) groups excluding carboxylic acids is 1. The number of non-ortho nitro benzene ring substituents is 1. The second-order valence-corrected chi connectivity index (χ2v) is 5.56. The van der Waals surface area contributed by atoms with Gasteiger partial charge in [-0.3, -0.25) is 14.9 Å². The quantitative estimate of drug-likeness (QED) is 0.502. The standard InChI is InChI=1S/C18H16N4O5/c1-26-15-5-3-2-4-14(15)18-20-17(27-21-18)11-10-16(23)19-12-6-8-13(9-7-12)22(24)25/h2-9H,10-11H2,1H3,(H,19,23). The second kappa shape index (κ2) is 8.09. The summed E-state index contributed by atoms with van der Waals surface area (Å²) in [4.78, 5) is 26.4. The summed E-state index contributed by atoms with van der Waals surface area (Å²) >= 11 is 0. The molecule has 27 heavy (non-hydrogen) atoms. The zero-order valence-electron chi connectivity index (χ0n) is 14.4. The number of ether oxygens (including phenoxy) is 1. The van der Waals surface area contributed by atoms with Crippen LogP contribution in [0.5, 0.6) is 5.75 Å². The number of nitrogens with zero attached hydrogens (tertiary/aromatic N) is 3. The largest absolute Gasteiger partial charge is 0.496 e. The summed E-state index contributed by atoms with van der Waals surface area (Å²) in [6.07, 6.45) is 0.394. The number of methoxy groups -OCH3 is 1. The van der Waals surface area contributed by atoms with Crippen LogP contribution in [-0.2, 0) is 11.2 Å². The van der Waals surface area contributed by atoms with Gasteiger partial charge in [0, 0.05) is 30.7 Å². The predicted molar refractivity (Wildman–Crippen MR) is 96.3 cm³/mol. The molecule has 0 fully saturated rings. The number of nitro groups is 1. The topological polar surface area (TPSA) is 120 Å². The van der Waals surface area contributed by atoms with Gasteiger partial charge in [-0.25, -0.2) is 0 Å². The third kappa shape index (κ3) is 4.46. The molecule has 0 saturated carbocycles. The van der Waals surface area contributed by atoms with E-state index in [2.05, 4.69) is 15.5 Å². The van der Waals surface area contributed by atoms with Crippen molar-refractivity contribution in [2.75, 3.05) is 12.4 Å². The molecule has 2 aromatic carbocycles. The molecule has 0 atom stereocenters. The molecule has 0 saturated heterocycles. The van der Waals surface area contributed by atoms with Gasteiger partial charge >= 0.3 is 0 Å². The van der Waals surface area contributed by atoms with Gasteiger partial charge in [-0.1, -0.05) is 17.3 Å². The minimum absolute atomic E-state index is 0.0391. The summed E-state index contributed by atoms with van der Waals surface area (Å²) in [5, 5.41) is 17.2. The molecule has 9 nitrogen and oxygen atoms in total. The first-order valence-corrected chi connectivity index (χ1v) is 8.07. The van der Waals surface area contributed by atoms with Crippen molar-refractivity contribution in [1.82, 2.24) is 10.1 Å². The van der Waals surface area contributed by atoms with E-state index in [9.17, 15) is 14.9 Å². The number of hydrogen-bond acceptors (Lipinski definition) is 7. The van der Waals surface area contributed by atoms with E-state index in [0.717, 1.165) is 0 Å². The van der Waals surface area contributed by atoms with E-state index in [1.807, 2.05) is 18.2 Å². The Kier molecular flexibility index (Phi) is 5.41. The number of rotatable bonds is 7. The van der Waals surface area contributed by atoms with Gasteiger partial charge in [-0.15, -0.1) is 0 Å². The van der Waals surface area contributed by atoms with Crippen molar-refractivity contribution in [3.63, 3.8) is 0 Å². The summed E-state index contributed by atoms with van der Waals surface area (Å²) in [5.74, 6) is 1.08. The molecule has 138 valence electrons. The van der Waals surface area contributed by atoms with Gasteiger partial charge in [0.2, 0.25) is 17.6 Å². The molecule has 0 bridgehead atoms. The van der Waals surface area contributed by atoms with E-state index in [0.29, 0.717) is 28.7 Å². The fraction of sp³-hybridized carbons (Fsp3) is 0.167. The maximum absolute atomic E-state index is 12.0. The number of carbonyl (C=O) groups is 1. The van der Waals surface area contributed by atoms with Crippen molar-refractivity contribution < 1.29 is 19.0 Å². The van der Waals surface area contributed by atoms with Crippen LogP contribution in [0.25, 0.3) is 11.4 Å². The fourth-order valence-corrected chi connectivity index (χ4v) is 2.41. The van der Waals surface area contributed by atoms with Crippen molar-refractivity contribution in [3.8, 4) is 17.1 Å². The van der Waals surface area contributed by atoms with Crippen LogP contribution in [0.4, 0.5) is 11.4 Å². The molecule has 0 unspecified atom stereocenters. The molecule has 0 aliphatic carbocycles. The molecule has 1 heterocycles. The van der Waals surface area contributed by atoms with Crippen LogP contribution in [0.2, 0.25) is 0 Å². The number of anilines is 1. The lowest BCUT2D eigenvalue weighted by Gasteiger charge is -2.03. The Bertz CT molecular complexity index is 952. The Labute approximate surface area is 154 Å². The Morgan fingerprint density at radius 2 is 1.96 bits per heavy atom. The first-order chi connectivity index (χ1) is 13.1. The molecular formula is C18H16N4O5. The lowest BCUT2D eigenvalue weighted by molar-refractivity contribution is -0.384. The van der Waals surface area contributed by atoms with Crippen LogP contribution in [0.15, 0.2) is 53.1 Å². The second-order valence-electron chi connectivity index (χ2n) is 5.56. The van der Waals surface area contributed by atoms with Gasteiger partial charge < -0.3 is 14.6 Å². The van der Waals surface area contributed by atoms with Crippen molar-refractivity contribution in [2.45, 2.75) is 12.8 Å². The minimum atomic E-state index is -0.500. The molecule has 1 N–H and O–H groups in total. The third-order valence-electron chi connectivity index (χ3n) is 3.74. The third-order valence-corrected chi connectivity index (χ3v) is 3.74. The zero-order chi connectivity index (χ0) is 19.2. The molecule has 0 aliphatic heterocycles. The van der Waals surface area contributed by atoms with Crippen molar-refractivity contribution in [1.29, 1.82) is 0 Å². The predicted octanol–water partition coefficient (Wildman–Crippen LogP) is 3.22. The van der Waals surface area contributed by atoms with Gasteiger partial charge in [0.15, 0.2) is 0 Å². The van der Waals surface area contributed by atoms with Crippen LogP contribution in [-0.4, -0.2) is 28.1 Å². The number of aryl methyl sites for hydroxylation is 1. The first kappa shape index (κ1) is 18.1. The molecular weight excluding hydrogens is 352 g/mol. The monoisotopic (exact) mass is 368 g/mol. The summed E-state index contributed by atoms with van der Waals surface area (Å²) in [5.41, 5.74) is 1.14. The van der Waals surface area contributed by atoms with Gasteiger partial charge in [-0.2, -0.15) is 4.98 Å². The van der Waals surface area contributed by atoms with Crippen LogP contribution in [0.1, 0.15) is 12.3 Å². The van der Waals surface area contributed by atoms with E-state index in [-0.39, 0.29) is 24.4 Å². The highest BCUT2D eigenvalue weighted by molar-refractivity contribution is 5.90. The smallest absolute Gasteiger partial charge is 0.269 e. The molecule has 1 aromatic heterocycles. The molecule has 9 heteroatoms. The first-order valence-electron chi connectivity index (χ1n) is 8.07.